The van der Waals surface area contributed by atoms with E-state index in [0.717, 1.165) is 31.9 Å². The molecule has 1 aliphatic heterocycles. The number of benzene rings is 2. The first kappa shape index (κ1) is 27.8. The molecule has 2 N–H and O–H groups in total. The largest absolute Gasteiger partial charge is 0.494 e. The molecular formula is C30H34N8O3. The second kappa shape index (κ2) is 11.8. The summed E-state index contributed by atoms with van der Waals surface area (Å²) in [4.78, 5) is 39.3. The number of amides is 1. The van der Waals surface area contributed by atoms with Crippen molar-refractivity contribution in [2.75, 3.05) is 55.9 Å². The van der Waals surface area contributed by atoms with E-state index in [-0.39, 0.29) is 23.5 Å². The number of nitrogens with zero attached hydrogens (tertiary/aromatic N) is 6. The molecule has 0 aliphatic carbocycles. The fourth-order valence-electron chi connectivity index (χ4n) is 4.78. The van der Waals surface area contributed by atoms with Crippen molar-refractivity contribution in [3.05, 3.63) is 71.7 Å². The van der Waals surface area contributed by atoms with Crippen LogP contribution < -0.4 is 25.8 Å². The van der Waals surface area contributed by atoms with Crippen molar-refractivity contribution in [2.45, 2.75) is 19.9 Å². The molecule has 212 valence electrons. The summed E-state index contributed by atoms with van der Waals surface area (Å²) in [6.45, 7) is 11.2. The maximum absolute atomic E-state index is 13.3. The number of likely N-dealkylation sites (N-methyl/N-ethyl adjacent to an activating group) is 1. The monoisotopic (exact) mass is 554 g/mol. The minimum Gasteiger partial charge on any atom is -0.494 e. The molecule has 1 saturated heterocycles. The zero-order valence-electron chi connectivity index (χ0n) is 23.7. The summed E-state index contributed by atoms with van der Waals surface area (Å²) in [5.41, 5.74) is 3.41. The number of piperazine rings is 1. The van der Waals surface area contributed by atoms with E-state index in [1.54, 1.807) is 13.2 Å². The molecule has 0 bridgehead atoms. The molecule has 3 heterocycles. The Morgan fingerprint density at radius 2 is 1.85 bits per heavy atom. The summed E-state index contributed by atoms with van der Waals surface area (Å²) in [5.74, 6) is 0.569. The quantitative estimate of drug-likeness (QED) is 0.311. The highest BCUT2D eigenvalue weighted by Crippen LogP contribution is 2.34. The number of nitrogens with one attached hydrogen (secondary N) is 2. The molecule has 2 aromatic carbocycles. The molecule has 5 rings (SSSR count). The van der Waals surface area contributed by atoms with E-state index in [1.165, 1.54) is 17.0 Å². The lowest BCUT2D eigenvalue weighted by molar-refractivity contribution is -0.111. The molecule has 11 heteroatoms. The minimum absolute atomic E-state index is 0.207. The fraction of sp³-hybridized carbons (Fsp3) is 0.300. The number of aromatic nitrogens is 4. The van der Waals surface area contributed by atoms with Crippen LogP contribution in [0.2, 0.25) is 0 Å². The van der Waals surface area contributed by atoms with Crippen LogP contribution in [0.15, 0.2) is 66.1 Å². The first-order chi connectivity index (χ1) is 19.8. The Hall–Kier alpha value is -4.77. The van der Waals surface area contributed by atoms with Crippen molar-refractivity contribution < 1.29 is 9.53 Å². The van der Waals surface area contributed by atoms with Crippen molar-refractivity contribution in [3.8, 4) is 17.0 Å². The number of ether oxygens (including phenoxy) is 1. The Kier molecular flexibility index (Phi) is 7.97. The number of anilines is 4. The number of fused-ring (bicyclic) bond motifs is 1. The van der Waals surface area contributed by atoms with Gasteiger partial charge < -0.3 is 25.2 Å². The zero-order valence-corrected chi connectivity index (χ0v) is 23.7. The van der Waals surface area contributed by atoms with Gasteiger partial charge in [-0.15, -0.1) is 0 Å². The van der Waals surface area contributed by atoms with Gasteiger partial charge in [0.05, 0.1) is 29.9 Å². The summed E-state index contributed by atoms with van der Waals surface area (Å²) < 4.78 is 7.11. The number of para-hydroxylation sites is 1. The number of carbonyl (C=O) groups excluding carboxylic acids is 1. The molecule has 0 radical (unpaired) electrons. The summed E-state index contributed by atoms with van der Waals surface area (Å²) in [6, 6.07) is 13.0. The maximum Gasteiger partial charge on any atom is 0.278 e. The number of hydrogen-bond donors (Lipinski definition) is 2. The molecule has 0 spiro atoms. The Bertz CT molecular complexity index is 1660. The van der Waals surface area contributed by atoms with E-state index in [1.807, 2.05) is 50.2 Å². The molecule has 2 aromatic heterocycles. The SMILES string of the molecule is C=CC(=O)Nc1ccccc1-c1nn(C(C)C)c(=O)c2cnc(Nc3ccc(N4CCN(C)CC4)cc3OC)nc12. The summed E-state index contributed by atoms with van der Waals surface area (Å²) in [6.07, 6.45) is 2.71. The topological polar surface area (TPSA) is 118 Å². The van der Waals surface area contributed by atoms with Gasteiger partial charge in [-0.25, -0.2) is 14.6 Å². The van der Waals surface area contributed by atoms with Crippen LogP contribution in [0.5, 0.6) is 5.75 Å². The minimum atomic E-state index is -0.358. The van der Waals surface area contributed by atoms with Crippen LogP contribution in [0.3, 0.4) is 0 Å². The van der Waals surface area contributed by atoms with Crippen LogP contribution in [-0.2, 0) is 4.79 Å². The van der Waals surface area contributed by atoms with Gasteiger partial charge in [0.25, 0.3) is 5.56 Å². The number of methoxy groups -OCH3 is 1. The molecule has 1 amide bonds. The standard InChI is InChI=1S/C30H34N8O3/c1-6-26(39)32-23-10-8-7-9-21(23)28-27-22(29(40)38(35-28)19(2)3)18-31-30(34-27)33-24-12-11-20(17-25(24)41-5)37-15-13-36(4)14-16-37/h6-12,17-19H,1,13-16H2,2-5H3,(H,32,39)(H,31,33,34). The van der Waals surface area contributed by atoms with Crippen LogP contribution in [0.1, 0.15) is 19.9 Å². The second-order valence-corrected chi connectivity index (χ2v) is 10.2. The van der Waals surface area contributed by atoms with Gasteiger partial charge in [-0.05, 0) is 45.2 Å². The van der Waals surface area contributed by atoms with E-state index < -0.39 is 0 Å². The molecule has 11 nitrogen and oxygen atoms in total. The lowest BCUT2D eigenvalue weighted by Gasteiger charge is -2.34. The third kappa shape index (κ3) is 5.75. The van der Waals surface area contributed by atoms with Gasteiger partial charge in [0, 0.05) is 49.7 Å². The lowest BCUT2D eigenvalue weighted by Crippen LogP contribution is -2.44. The van der Waals surface area contributed by atoms with Gasteiger partial charge in [0.2, 0.25) is 11.9 Å². The first-order valence-corrected chi connectivity index (χ1v) is 13.5. The van der Waals surface area contributed by atoms with E-state index in [2.05, 4.69) is 44.1 Å². The third-order valence-electron chi connectivity index (χ3n) is 7.07. The number of hydrogen-bond acceptors (Lipinski definition) is 9. The van der Waals surface area contributed by atoms with Crippen LogP contribution >= 0.6 is 0 Å². The normalized spacial score (nSPS) is 13.8. The van der Waals surface area contributed by atoms with Crippen molar-refractivity contribution in [3.63, 3.8) is 0 Å². The van der Waals surface area contributed by atoms with Crippen LogP contribution in [0, 0.1) is 0 Å². The zero-order chi connectivity index (χ0) is 29.1. The van der Waals surface area contributed by atoms with E-state index >= 15 is 0 Å². The van der Waals surface area contributed by atoms with Gasteiger partial charge >= 0.3 is 0 Å². The Labute approximate surface area is 238 Å². The first-order valence-electron chi connectivity index (χ1n) is 13.5. The van der Waals surface area contributed by atoms with Gasteiger partial charge in [-0.1, -0.05) is 24.8 Å². The number of carbonyl (C=O) groups is 1. The molecule has 41 heavy (non-hydrogen) atoms. The van der Waals surface area contributed by atoms with Crippen LogP contribution in [-0.4, -0.2) is 70.9 Å². The molecule has 1 aliphatic rings. The van der Waals surface area contributed by atoms with Gasteiger partial charge in [-0.3, -0.25) is 9.59 Å². The van der Waals surface area contributed by atoms with E-state index in [4.69, 9.17) is 9.72 Å². The Morgan fingerprint density at radius 3 is 2.56 bits per heavy atom. The third-order valence-corrected chi connectivity index (χ3v) is 7.07. The van der Waals surface area contributed by atoms with Crippen LogP contribution in [0.25, 0.3) is 22.2 Å². The lowest BCUT2D eigenvalue weighted by atomic mass is 10.1. The van der Waals surface area contributed by atoms with E-state index in [0.29, 0.717) is 39.3 Å². The summed E-state index contributed by atoms with van der Waals surface area (Å²) in [7, 11) is 3.75. The Balaban J connectivity index is 1.58. The van der Waals surface area contributed by atoms with Crippen molar-refractivity contribution >= 4 is 39.8 Å². The fourth-order valence-corrected chi connectivity index (χ4v) is 4.78. The van der Waals surface area contributed by atoms with Crippen molar-refractivity contribution in [1.82, 2.24) is 24.6 Å². The predicted octanol–water partition coefficient (Wildman–Crippen LogP) is 4.06. The van der Waals surface area contributed by atoms with Gasteiger partial charge in [0.15, 0.2) is 0 Å². The van der Waals surface area contributed by atoms with E-state index in [9.17, 15) is 9.59 Å². The van der Waals surface area contributed by atoms with Gasteiger partial charge in [0.1, 0.15) is 17.0 Å². The summed E-state index contributed by atoms with van der Waals surface area (Å²) in [5, 5.41) is 11.1. The Morgan fingerprint density at radius 1 is 1.10 bits per heavy atom. The molecular weight excluding hydrogens is 520 g/mol. The van der Waals surface area contributed by atoms with Gasteiger partial charge in [-0.2, -0.15) is 5.10 Å². The maximum atomic E-state index is 13.3. The summed E-state index contributed by atoms with van der Waals surface area (Å²) >= 11 is 0. The van der Waals surface area contributed by atoms with Crippen molar-refractivity contribution in [2.24, 2.45) is 0 Å². The highest BCUT2D eigenvalue weighted by Gasteiger charge is 2.20. The molecule has 0 unspecified atom stereocenters. The highest BCUT2D eigenvalue weighted by atomic mass is 16.5. The van der Waals surface area contributed by atoms with Crippen LogP contribution in [0.4, 0.5) is 23.0 Å². The molecule has 0 saturated carbocycles. The highest BCUT2D eigenvalue weighted by molar-refractivity contribution is 6.03. The second-order valence-electron chi connectivity index (χ2n) is 10.2. The smallest absolute Gasteiger partial charge is 0.278 e. The molecule has 1 fully saturated rings. The molecule has 0 atom stereocenters. The average molecular weight is 555 g/mol. The predicted molar refractivity (Wildman–Crippen MR) is 162 cm³/mol. The number of rotatable bonds is 8. The average Bonchev–Trinajstić information content (AvgIpc) is 2.98. The van der Waals surface area contributed by atoms with Crippen molar-refractivity contribution in [1.29, 1.82) is 0 Å². The molecule has 4 aromatic rings.